The normalized spacial score (nSPS) is 16.0. The Labute approximate surface area is 86.2 Å². The van der Waals surface area contributed by atoms with Crippen LogP contribution in [0, 0.1) is 0 Å². The largest absolute Gasteiger partial charge is 0.352 e. The molecule has 1 amide bonds. The van der Waals surface area contributed by atoms with Gasteiger partial charge in [-0.15, -0.1) is 6.58 Å². The summed E-state index contributed by atoms with van der Waals surface area (Å²) in [4.78, 5) is 13.7. The van der Waals surface area contributed by atoms with Crippen molar-refractivity contribution in [2.45, 2.75) is 38.8 Å². The summed E-state index contributed by atoms with van der Waals surface area (Å²) in [5.41, 5.74) is 0. The standard InChI is InChI=1S/C11H20N2O/c1-4-7-12-11(14)8-13(9(2)3)10-5-6-10/h4,9-10H,1,5-8H2,2-3H3,(H,12,14). The first-order valence-electron chi connectivity index (χ1n) is 5.28. The fourth-order valence-electron chi connectivity index (χ4n) is 1.55. The molecule has 1 aliphatic carbocycles. The Balaban J connectivity index is 2.31. The van der Waals surface area contributed by atoms with Crippen LogP contribution in [-0.2, 0) is 4.79 Å². The van der Waals surface area contributed by atoms with Gasteiger partial charge in [0.2, 0.25) is 5.91 Å². The molecule has 0 unspecified atom stereocenters. The first kappa shape index (κ1) is 11.2. The molecule has 0 aromatic rings. The van der Waals surface area contributed by atoms with Crippen LogP contribution >= 0.6 is 0 Å². The van der Waals surface area contributed by atoms with E-state index in [4.69, 9.17) is 0 Å². The van der Waals surface area contributed by atoms with Crippen molar-refractivity contribution in [2.24, 2.45) is 0 Å². The van der Waals surface area contributed by atoms with Crippen LogP contribution in [0.2, 0.25) is 0 Å². The number of nitrogens with one attached hydrogen (secondary N) is 1. The Bertz CT molecular complexity index is 207. The number of amides is 1. The Kier molecular flexibility index (Phi) is 4.14. The summed E-state index contributed by atoms with van der Waals surface area (Å²) >= 11 is 0. The molecule has 80 valence electrons. The van der Waals surface area contributed by atoms with Crippen molar-refractivity contribution in [3.05, 3.63) is 12.7 Å². The molecule has 1 rings (SSSR count). The van der Waals surface area contributed by atoms with Gasteiger partial charge in [-0.3, -0.25) is 9.69 Å². The highest BCUT2D eigenvalue weighted by atomic mass is 16.2. The van der Waals surface area contributed by atoms with E-state index in [0.717, 1.165) is 0 Å². The lowest BCUT2D eigenvalue weighted by molar-refractivity contribution is -0.122. The van der Waals surface area contributed by atoms with Gasteiger partial charge in [0.25, 0.3) is 0 Å². The van der Waals surface area contributed by atoms with Gasteiger partial charge in [-0.25, -0.2) is 0 Å². The van der Waals surface area contributed by atoms with E-state index in [0.29, 0.717) is 25.2 Å². The maximum absolute atomic E-state index is 11.4. The molecule has 1 saturated carbocycles. The van der Waals surface area contributed by atoms with Crippen LogP contribution in [-0.4, -0.2) is 36.0 Å². The highest BCUT2D eigenvalue weighted by Crippen LogP contribution is 2.27. The van der Waals surface area contributed by atoms with E-state index in [9.17, 15) is 4.79 Å². The van der Waals surface area contributed by atoms with Crippen molar-refractivity contribution < 1.29 is 4.79 Å². The molecule has 0 radical (unpaired) electrons. The number of carbonyl (C=O) groups is 1. The van der Waals surface area contributed by atoms with Crippen molar-refractivity contribution in [1.29, 1.82) is 0 Å². The molecular weight excluding hydrogens is 176 g/mol. The highest BCUT2D eigenvalue weighted by Gasteiger charge is 2.31. The molecule has 1 fully saturated rings. The molecule has 3 heteroatoms. The average molecular weight is 196 g/mol. The van der Waals surface area contributed by atoms with Gasteiger partial charge < -0.3 is 5.32 Å². The van der Waals surface area contributed by atoms with Crippen LogP contribution in [0.4, 0.5) is 0 Å². The second-order valence-electron chi connectivity index (χ2n) is 4.09. The minimum atomic E-state index is 0.102. The van der Waals surface area contributed by atoms with Crippen LogP contribution < -0.4 is 5.32 Å². The van der Waals surface area contributed by atoms with E-state index in [1.165, 1.54) is 12.8 Å². The number of hydrogen-bond donors (Lipinski definition) is 1. The minimum absolute atomic E-state index is 0.102. The maximum atomic E-state index is 11.4. The van der Waals surface area contributed by atoms with E-state index in [1.54, 1.807) is 6.08 Å². The van der Waals surface area contributed by atoms with Gasteiger partial charge in [-0.2, -0.15) is 0 Å². The lowest BCUT2D eigenvalue weighted by Gasteiger charge is -2.25. The zero-order valence-corrected chi connectivity index (χ0v) is 9.12. The molecule has 1 N–H and O–H groups in total. The second-order valence-corrected chi connectivity index (χ2v) is 4.09. The van der Waals surface area contributed by atoms with Crippen LogP contribution in [0.15, 0.2) is 12.7 Å². The van der Waals surface area contributed by atoms with Crippen molar-refractivity contribution in [3.8, 4) is 0 Å². The monoisotopic (exact) mass is 196 g/mol. The predicted molar refractivity (Wildman–Crippen MR) is 58.1 cm³/mol. The third-order valence-corrected chi connectivity index (χ3v) is 2.45. The molecule has 0 aliphatic heterocycles. The summed E-state index contributed by atoms with van der Waals surface area (Å²) in [5, 5.41) is 2.80. The number of hydrogen-bond acceptors (Lipinski definition) is 2. The first-order chi connectivity index (χ1) is 6.65. The smallest absolute Gasteiger partial charge is 0.234 e. The fourth-order valence-corrected chi connectivity index (χ4v) is 1.55. The quantitative estimate of drug-likeness (QED) is 0.647. The van der Waals surface area contributed by atoms with Gasteiger partial charge in [0.05, 0.1) is 6.54 Å². The summed E-state index contributed by atoms with van der Waals surface area (Å²) in [5.74, 6) is 0.102. The zero-order valence-electron chi connectivity index (χ0n) is 9.12. The molecule has 3 nitrogen and oxygen atoms in total. The van der Waals surface area contributed by atoms with E-state index >= 15 is 0 Å². The van der Waals surface area contributed by atoms with Crippen LogP contribution in [0.3, 0.4) is 0 Å². The Morgan fingerprint density at radius 1 is 1.64 bits per heavy atom. The summed E-state index contributed by atoms with van der Waals surface area (Å²) < 4.78 is 0. The molecule has 1 aliphatic rings. The minimum Gasteiger partial charge on any atom is -0.352 e. The zero-order chi connectivity index (χ0) is 10.6. The lowest BCUT2D eigenvalue weighted by atomic mass is 10.3. The highest BCUT2D eigenvalue weighted by molar-refractivity contribution is 5.78. The molecule has 0 aromatic heterocycles. The van der Waals surface area contributed by atoms with E-state index in [-0.39, 0.29) is 5.91 Å². The van der Waals surface area contributed by atoms with Gasteiger partial charge in [0.1, 0.15) is 0 Å². The molecule has 0 saturated heterocycles. The van der Waals surface area contributed by atoms with E-state index < -0.39 is 0 Å². The van der Waals surface area contributed by atoms with Gasteiger partial charge in [-0.1, -0.05) is 6.08 Å². The van der Waals surface area contributed by atoms with Crippen LogP contribution in [0.25, 0.3) is 0 Å². The average Bonchev–Trinajstić information content (AvgIpc) is 2.93. The van der Waals surface area contributed by atoms with Gasteiger partial charge in [0, 0.05) is 18.6 Å². The van der Waals surface area contributed by atoms with Crippen molar-refractivity contribution in [3.63, 3.8) is 0 Å². The Morgan fingerprint density at radius 2 is 2.29 bits per heavy atom. The Hall–Kier alpha value is -0.830. The van der Waals surface area contributed by atoms with Crippen molar-refractivity contribution >= 4 is 5.91 Å². The maximum Gasteiger partial charge on any atom is 0.234 e. The number of nitrogens with zero attached hydrogens (tertiary/aromatic N) is 1. The van der Waals surface area contributed by atoms with Crippen molar-refractivity contribution in [1.82, 2.24) is 10.2 Å². The summed E-state index contributed by atoms with van der Waals surface area (Å²) in [6.07, 6.45) is 4.19. The molecule has 0 aromatic carbocycles. The van der Waals surface area contributed by atoms with Crippen LogP contribution in [0.1, 0.15) is 26.7 Å². The summed E-state index contributed by atoms with van der Waals surface area (Å²) in [7, 11) is 0. The SMILES string of the molecule is C=CCNC(=O)CN(C(C)C)C1CC1. The van der Waals surface area contributed by atoms with Gasteiger partial charge in [-0.05, 0) is 26.7 Å². The third kappa shape index (κ3) is 3.50. The second kappa shape index (κ2) is 5.15. The molecular formula is C11H20N2O. The van der Waals surface area contributed by atoms with Crippen LogP contribution in [0.5, 0.6) is 0 Å². The first-order valence-corrected chi connectivity index (χ1v) is 5.28. The number of rotatable bonds is 6. The summed E-state index contributed by atoms with van der Waals surface area (Å²) in [6.45, 7) is 8.93. The third-order valence-electron chi connectivity index (χ3n) is 2.45. The molecule has 14 heavy (non-hydrogen) atoms. The van der Waals surface area contributed by atoms with Gasteiger partial charge in [0.15, 0.2) is 0 Å². The van der Waals surface area contributed by atoms with E-state index in [2.05, 4.69) is 30.6 Å². The summed E-state index contributed by atoms with van der Waals surface area (Å²) in [6, 6.07) is 1.10. The molecule has 0 bridgehead atoms. The van der Waals surface area contributed by atoms with E-state index in [1.807, 2.05) is 0 Å². The lowest BCUT2D eigenvalue weighted by Crippen LogP contribution is -2.42. The van der Waals surface area contributed by atoms with Crippen molar-refractivity contribution in [2.75, 3.05) is 13.1 Å². The molecule has 0 atom stereocenters. The predicted octanol–water partition coefficient (Wildman–Crippen LogP) is 1.16. The number of carbonyl (C=O) groups excluding carboxylic acids is 1. The van der Waals surface area contributed by atoms with Gasteiger partial charge >= 0.3 is 0 Å². The Morgan fingerprint density at radius 3 is 2.71 bits per heavy atom. The molecule has 0 heterocycles. The molecule has 0 spiro atoms. The topological polar surface area (TPSA) is 32.3 Å². The fraction of sp³-hybridized carbons (Fsp3) is 0.727.